The van der Waals surface area contributed by atoms with Crippen LogP contribution in [0.4, 0.5) is 5.82 Å². The molecule has 4 rings (SSSR count). The summed E-state index contributed by atoms with van der Waals surface area (Å²) in [6.07, 6.45) is 0. The molecule has 0 fully saturated rings. The highest BCUT2D eigenvalue weighted by atomic mass is 32.1. The Morgan fingerprint density at radius 1 is 0.966 bits per heavy atom. The molecule has 0 aliphatic heterocycles. The van der Waals surface area contributed by atoms with Crippen molar-refractivity contribution in [3.05, 3.63) is 70.4 Å². The van der Waals surface area contributed by atoms with Gasteiger partial charge < -0.3 is 5.32 Å². The number of benzene rings is 2. The number of rotatable bonds is 4. The van der Waals surface area contributed by atoms with Gasteiger partial charge in [-0.15, -0.1) is 0 Å². The lowest BCUT2D eigenvalue weighted by Crippen LogP contribution is -2.15. The van der Waals surface area contributed by atoms with Gasteiger partial charge in [-0.2, -0.15) is 9.78 Å². The van der Waals surface area contributed by atoms with E-state index < -0.39 is 0 Å². The molecule has 0 unspecified atom stereocenters. The van der Waals surface area contributed by atoms with Crippen molar-refractivity contribution in [1.82, 2.24) is 14.8 Å². The van der Waals surface area contributed by atoms with Crippen LogP contribution in [0.3, 0.4) is 0 Å². The summed E-state index contributed by atoms with van der Waals surface area (Å²) < 4.78 is 2.74. The lowest BCUT2D eigenvalue weighted by molar-refractivity contribution is 0.100. The van der Waals surface area contributed by atoms with Crippen LogP contribution in [0.2, 0.25) is 0 Å². The maximum Gasteiger partial charge on any atom is 0.256 e. The predicted octanol–water partition coefficient (Wildman–Crippen LogP) is 4.86. The second kappa shape index (κ2) is 7.25. The van der Waals surface area contributed by atoms with Gasteiger partial charge >= 0.3 is 0 Å². The molecule has 2 aromatic carbocycles. The van der Waals surface area contributed by atoms with Gasteiger partial charge in [-0.1, -0.05) is 23.5 Å². The van der Waals surface area contributed by atoms with Crippen molar-refractivity contribution in [3.8, 4) is 5.13 Å². The number of fused-ring (bicyclic) bond motifs is 1. The number of aromatic nitrogens is 3. The van der Waals surface area contributed by atoms with Crippen LogP contribution in [0.15, 0.2) is 42.5 Å². The van der Waals surface area contributed by atoms with Gasteiger partial charge in [0.15, 0.2) is 5.78 Å². The fraction of sp³-hybridized carbons (Fsp3) is 0.182. The maximum atomic E-state index is 12.7. The van der Waals surface area contributed by atoms with Gasteiger partial charge in [0.1, 0.15) is 5.82 Å². The Hall–Kier alpha value is -3.32. The van der Waals surface area contributed by atoms with Crippen molar-refractivity contribution in [2.45, 2.75) is 27.7 Å². The number of nitrogens with one attached hydrogen (secondary N) is 1. The molecule has 0 atom stereocenters. The molecule has 1 amide bonds. The van der Waals surface area contributed by atoms with E-state index >= 15 is 0 Å². The minimum atomic E-state index is -0.269. The molecule has 0 bridgehead atoms. The van der Waals surface area contributed by atoms with Crippen LogP contribution in [0.25, 0.3) is 15.3 Å². The summed E-state index contributed by atoms with van der Waals surface area (Å²) in [5.74, 6) is 0.247. The minimum absolute atomic E-state index is 0.0352. The number of hydrogen-bond donors (Lipinski definition) is 1. The SMILES string of the molecule is CC(=O)c1ccc(C(=O)Nc2cc(C)nn2-c2nc3cc(C)c(C)cc3s2)cc1. The average Bonchev–Trinajstić information content (AvgIpc) is 3.24. The number of ketones is 1. The monoisotopic (exact) mass is 404 g/mol. The third-order valence-corrected chi connectivity index (χ3v) is 5.79. The predicted molar refractivity (Wildman–Crippen MR) is 115 cm³/mol. The van der Waals surface area contributed by atoms with E-state index in [2.05, 4.69) is 36.4 Å². The van der Waals surface area contributed by atoms with Crippen LogP contribution >= 0.6 is 11.3 Å². The Bertz CT molecular complexity index is 1210. The molecule has 6 nitrogen and oxygen atoms in total. The number of amides is 1. The Balaban J connectivity index is 1.66. The molecule has 146 valence electrons. The first-order valence-corrected chi connectivity index (χ1v) is 10.0. The topological polar surface area (TPSA) is 76.9 Å². The van der Waals surface area contributed by atoms with E-state index in [9.17, 15) is 9.59 Å². The summed E-state index contributed by atoms with van der Waals surface area (Å²) in [6, 6.07) is 12.6. The molecule has 2 heterocycles. The van der Waals surface area contributed by atoms with Gasteiger partial charge in [0, 0.05) is 17.2 Å². The largest absolute Gasteiger partial charge is 0.306 e. The second-order valence-electron chi connectivity index (χ2n) is 7.07. The van der Waals surface area contributed by atoms with E-state index in [1.807, 2.05) is 13.0 Å². The number of thiazole rings is 1. The molecule has 0 aliphatic carbocycles. The molecule has 29 heavy (non-hydrogen) atoms. The van der Waals surface area contributed by atoms with Gasteiger partial charge in [0.25, 0.3) is 5.91 Å². The molecule has 0 aliphatic rings. The number of carbonyl (C=O) groups excluding carboxylic acids is 2. The van der Waals surface area contributed by atoms with E-state index in [1.54, 1.807) is 28.9 Å². The van der Waals surface area contributed by atoms with Gasteiger partial charge in [0.05, 0.1) is 15.9 Å². The van der Waals surface area contributed by atoms with Crippen LogP contribution in [0, 0.1) is 20.8 Å². The van der Waals surface area contributed by atoms with Crippen LogP contribution in [0.1, 0.15) is 44.5 Å². The fourth-order valence-corrected chi connectivity index (χ4v) is 4.05. The molecule has 4 aromatic rings. The Labute approximate surface area is 172 Å². The lowest BCUT2D eigenvalue weighted by atomic mass is 10.1. The van der Waals surface area contributed by atoms with Crippen LogP contribution in [-0.4, -0.2) is 26.5 Å². The summed E-state index contributed by atoms with van der Waals surface area (Å²) in [6.45, 7) is 7.51. The standard InChI is InChI=1S/C22H20N4O2S/c1-12-9-18-19(10-13(12)2)29-22(23-18)26-20(11-14(3)25-26)24-21(28)17-7-5-16(6-8-17)15(4)27/h5-11H,1-4H3,(H,24,28). The van der Waals surface area contributed by atoms with Crippen molar-refractivity contribution in [3.63, 3.8) is 0 Å². The zero-order valence-electron chi connectivity index (χ0n) is 16.6. The normalized spacial score (nSPS) is 11.0. The van der Waals surface area contributed by atoms with Gasteiger partial charge in [-0.25, -0.2) is 4.98 Å². The molecular weight excluding hydrogens is 384 g/mol. The number of anilines is 1. The highest BCUT2D eigenvalue weighted by molar-refractivity contribution is 7.20. The number of Topliss-reactive ketones (excluding diaryl/α,β-unsaturated/α-hetero) is 1. The first-order valence-electron chi connectivity index (χ1n) is 9.19. The highest BCUT2D eigenvalue weighted by Gasteiger charge is 2.16. The fourth-order valence-electron chi connectivity index (χ4n) is 3.04. The molecular formula is C22H20N4O2S. The van der Waals surface area contributed by atoms with Crippen molar-refractivity contribution in [1.29, 1.82) is 0 Å². The Morgan fingerprint density at radius 2 is 1.62 bits per heavy atom. The number of carbonyl (C=O) groups is 2. The molecule has 2 aromatic heterocycles. The van der Waals surface area contributed by atoms with E-state index in [0.717, 1.165) is 15.9 Å². The van der Waals surface area contributed by atoms with Gasteiger partial charge in [-0.05, 0) is 63.1 Å². The quantitative estimate of drug-likeness (QED) is 0.493. The maximum absolute atomic E-state index is 12.7. The van der Waals surface area contributed by atoms with Crippen molar-refractivity contribution in [2.24, 2.45) is 0 Å². The smallest absolute Gasteiger partial charge is 0.256 e. The molecule has 1 N–H and O–H groups in total. The number of nitrogens with zero attached hydrogens (tertiary/aromatic N) is 3. The molecule has 0 saturated heterocycles. The first kappa shape index (κ1) is 19.0. The van der Waals surface area contributed by atoms with Crippen LogP contribution in [-0.2, 0) is 0 Å². The minimum Gasteiger partial charge on any atom is -0.306 e. The van der Waals surface area contributed by atoms with Crippen LogP contribution in [0.5, 0.6) is 0 Å². The zero-order chi connectivity index (χ0) is 20.7. The van der Waals surface area contributed by atoms with Crippen molar-refractivity contribution in [2.75, 3.05) is 5.32 Å². The molecule has 0 radical (unpaired) electrons. The second-order valence-corrected chi connectivity index (χ2v) is 8.08. The van der Waals surface area contributed by atoms with Gasteiger partial charge in [-0.3, -0.25) is 9.59 Å². The molecule has 0 saturated carbocycles. The van der Waals surface area contributed by atoms with E-state index in [-0.39, 0.29) is 11.7 Å². The van der Waals surface area contributed by atoms with Crippen LogP contribution < -0.4 is 5.32 Å². The summed E-state index contributed by atoms with van der Waals surface area (Å²) in [5.41, 5.74) is 5.14. The third-order valence-electron chi connectivity index (χ3n) is 4.80. The van der Waals surface area contributed by atoms with Crippen molar-refractivity contribution >= 4 is 39.1 Å². The number of hydrogen-bond acceptors (Lipinski definition) is 5. The van der Waals surface area contributed by atoms with Gasteiger partial charge in [0.2, 0.25) is 5.13 Å². The Kier molecular flexibility index (Phi) is 4.76. The molecule has 7 heteroatoms. The van der Waals surface area contributed by atoms with E-state index in [4.69, 9.17) is 4.98 Å². The first-order chi connectivity index (χ1) is 13.8. The zero-order valence-corrected chi connectivity index (χ0v) is 17.4. The third kappa shape index (κ3) is 3.69. The Morgan fingerprint density at radius 3 is 2.31 bits per heavy atom. The summed E-state index contributed by atoms with van der Waals surface area (Å²) in [7, 11) is 0. The summed E-state index contributed by atoms with van der Waals surface area (Å²) >= 11 is 1.53. The average molecular weight is 404 g/mol. The summed E-state index contributed by atoms with van der Waals surface area (Å²) in [5, 5.41) is 8.11. The highest BCUT2D eigenvalue weighted by Crippen LogP contribution is 2.29. The van der Waals surface area contributed by atoms with Crippen molar-refractivity contribution < 1.29 is 9.59 Å². The van der Waals surface area contributed by atoms with E-state index in [1.165, 1.54) is 29.4 Å². The van der Waals surface area contributed by atoms with E-state index in [0.29, 0.717) is 22.1 Å². The lowest BCUT2D eigenvalue weighted by Gasteiger charge is -2.07. The summed E-state index contributed by atoms with van der Waals surface area (Å²) in [4.78, 5) is 28.8. The molecule has 0 spiro atoms. The number of aryl methyl sites for hydroxylation is 3.